The number of benzene rings is 3. The Morgan fingerprint density at radius 1 is 1.06 bits per heavy atom. The molecule has 0 spiro atoms. The van der Waals surface area contributed by atoms with Crippen LogP contribution in [0.4, 0.5) is 0 Å². The van der Waals surface area contributed by atoms with Crippen LogP contribution in [-0.2, 0) is 13.1 Å². The van der Waals surface area contributed by atoms with Crippen molar-refractivity contribution in [3.63, 3.8) is 0 Å². The molecule has 0 aliphatic rings. The zero-order valence-electron chi connectivity index (χ0n) is 19.4. The Morgan fingerprint density at radius 3 is 2.68 bits per heavy atom. The van der Waals surface area contributed by atoms with E-state index in [-0.39, 0.29) is 5.91 Å². The molecular weight excluding hydrogens is 450 g/mol. The second-order valence-electron chi connectivity index (χ2n) is 8.02. The van der Waals surface area contributed by atoms with Gasteiger partial charge < -0.3 is 19.4 Å². The molecule has 1 amide bonds. The van der Waals surface area contributed by atoms with Crippen molar-refractivity contribution in [3.05, 3.63) is 88.7 Å². The molecule has 176 valence electrons. The van der Waals surface area contributed by atoms with Gasteiger partial charge in [-0.1, -0.05) is 35.9 Å². The highest BCUT2D eigenvalue weighted by Gasteiger charge is 2.14. The zero-order valence-corrected chi connectivity index (χ0v) is 20.1. The molecule has 0 radical (unpaired) electrons. The van der Waals surface area contributed by atoms with E-state index in [1.165, 1.54) is 0 Å². The van der Waals surface area contributed by atoms with E-state index in [1.54, 1.807) is 19.2 Å². The van der Waals surface area contributed by atoms with Gasteiger partial charge in [0.2, 0.25) is 0 Å². The minimum Gasteiger partial charge on any atom is -0.496 e. The lowest BCUT2D eigenvalue weighted by Gasteiger charge is -2.12. The number of rotatable bonds is 10. The quantitative estimate of drug-likeness (QED) is 0.293. The third-order valence-corrected chi connectivity index (χ3v) is 6.09. The van der Waals surface area contributed by atoms with Crippen LogP contribution in [0.5, 0.6) is 11.5 Å². The summed E-state index contributed by atoms with van der Waals surface area (Å²) < 4.78 is 13.4. The molecule has 3 aromatic carbocycles. The minimum atomic E-state index is -0.192. The fourth-order valence-electron chi connectivity index (χ4n) is 3.87. The minimum absolute atomic E-state index is 0.192. The van der Waals surface area contributed by atoms with Gasteiger partial charge in [-0.3, -0.25) is 4.79 Å². The van der Waals surface area contributed by atoms with E-state index < -0.39 is 0 Å². The van der Waals surface area contributed by atoms with Gasteiger partial charge >= 0.3 is 0 Å². The number of aromatic nitrogens is 2. The number of fused-ring (bicyclic) bond motifs is 1. The van der Waals surface area contributed by atoms with Crippen LogP contribution < -0.4 is 14.8 Å². The van der Waals surface area contributed by atoms with Crippen LogP contribution >= 0.6 is 11.6 Å². The van der Waals surface area contributed by atoms with Crippen molar-refractivity contribution < 1.29 is 14.3 Å². The smallest absolute Gasteiger partial charge is 0.255 e. The van der Waals surface area contributed by atoms with Crippen LogP contribution in [0.1, 0.15) is 34.6 Å². The topological polar surface area (TPSA) is 65.4 Å². The number of unbranched alkanes of at least 4 members (excludes halogenated alkanes) is 1. The molecule has 6 nitrogen and oxygen atoms in total. The third-order valence-electron chi connectivity index (χ3n) is 5.67. The van der Waals surface area contributed by atoms with Gasteiger partial charge in [0, 0.05) is 11.6 Å². The molecule has 0 saturated carbocycles. The maximum Gasteiger partial charge on any atom is 0.255 e. The van der Waals surface area contributed by atoms with Gasteiger partial charge in [-0.2, -0.15) is 0 Å². The fourth-order valence-corrected chi connectivity index (χ4v) is 3.98. The van der Waals surface area contributed by atoms with Crippen molar-refractivity contribution in [1.82, 2.24) is 14.9 Å². The summed E-state index contributed by atoms with van der Waals surface area (Å²) in [4.78, 5) is 17.5. The average Bonchev–Trinajstić information content (AvgIpc) is 3.21. The summed E-state index contributed by atoms with van der Waals surface area (Å²) in [7, 11) is 1.56. The van der Waals surface area contributed by atoms with Crippen LogP contribution in [0.3, 0.4) is 0 Å². The summed E-state index contributed by atoms with van der Waals surface area (Å²) in [6.45, 7) is 3.69. The van der Waals surface area contributed by atoms with Crippen molar-refractivity contribution in [2.24, 2.45) is 0 Å². The van der Waals surface area contributed by atoms with Gasteiger partial charge in [0.05, 0.1) is 36.9 Å². The Morgan fingerprint density at radius 2 is 1.85 bits per heavy atom. The number of nitrogens with one attached hydrogen (secondary N) is 1. The lowest BCUT2D eigenvalue weighted by Crippen LogP contribution is -2.25. The van der Waals surface area contributed by atoms with Crippen molar-refractivity contribution in [2.75, 3.05) is 13.7 Å². The van der Waals surface area contributed by atoms with Gasteiger partial charge in [-0.25, -0.2) is 4.98 Å². The molecule has 1 aromatic heterocycles. The summed E-state index contributed by atoms with van der Waals surface area (Å²) in [5.74, 6) is 2.00. The maximum absolute atomic E-state index is 12.8. The molecule has 0 unspecified atom stereocenters. The number of carbonyl (C=O) groups is 1. The van der Waals surface area contributed by atoms with Crippen LogP contribution in [-0.4, -0.2) is 29.2 Å². The third kappa shape index (κ3) is 5.51. The molecule has 7 heteroatoms. The van der Waals surface area contributed by atoms with Gasteiger partial charge in [-0.05, 0) is 67.8 Å². The first kappa shape index (κ1) is 23.6. The highest BCUT2D eigenvalue weighted by Crippen LogP contribution is 2.22. The molecule has 0 bridgehead atoms. The molecular formula is C27H28ClN3O3. The Kier molecular flexibility index (Phi) is 7.70. The predicted molar refractivity (Wildman–Crippen MR) is 135 cm³/mol. The number of aryl methyl sites for hydroxylation is 2. The van der Waals surface area contributed by atoms with Gasteiger partial charge in [0.1, 0.15) is 17.3 Å². The molecule has 4 rings (SSSR count). The van der Waals surface area contributed by atoms with E-state index in [1.807, 2.05) is 55.5 Å². The monoisotopic (exact) mass is 477 g/mol. The summed E-state index contributed by atoms with van der Waals surface area (Å²) in [6, 6.07) is 20.9. The Labute approximate surface area is 204 Å². The van der Waals surface area contributed by atoms with Crippen LogP contribution in [0.15, 0.2) is 66.7 Å². The Balaban J connectivity index is 1.39. The lowest BCUT2D eigenvalue weighted by molar-refractivity contribution is 0.0946. The average molecular weight is 478 g/mol. The molecule has 34 heavy (non-hydrogen) atoms. The van der Waals surface area contributed by atoms with Gasteiger partial charge in [-0.15, -0.1) is 0 Å². The van der Waals surface area contributed by atoms with E-state index in [4.69, 9.17) is 26.1 Å². The number of halogens is 1. The molecule has 0 atom stereocenters. The fraction of sp³-hybridized carbons (Fsp3) is 0.259. The van der Waals surface area contributed by atoms with Crippen molar-refractivity contribution in [1.29, 1.82) is 0 Å². The van der Waals surface area contributed by atoms with Crippen molar-refractivity contribution in [2.45, 2.75) is 32.9 Å². The first-order valence-electron chi connectivity index (χ1n) is 11.3. The SMILES string of the molecule is COc1ccccc1C(=O)NCc1nc2ccccc2n1CCCCOc1ccc(Cl)c(C)c1. The number of imidazole rings is 1. The summed E-state index contributed by atoms with van der Waals surface area (Å²) in [5.41, 5.74) is 3.47. The number of nitrogens with zero attached hydrogens (tertiary/aromatic N) is 2. The predicted octanol–water partition coefficient (Wildman–Crippen LogP) is 5.80. The molecule has 0 saturated heterocycles. The largest absolute Gasteiger partial charge is 0.496 e. The summed E-state index contributed by atoms with van der Waals surface area (Å²) in [6.07, 6.45) is 1.81. The molecule has 1 N–H and O–H groups in total. The zero-order chi connectivity index (χ0) is 23.9. The van der Waals surface area contributed by atoms with Crippen LogP contribution in [0.2, 0.25) is 5.02 Å². The van der Waals surface area contributed by atoms with E-state index >= 15 is 0 Å². The second kappa shape index (κ2) is 11.1. The number of para-hydroxylation sites is 3. The normalized spacial score (nSPS) is 10.9. The Bertz CT molecular complexity index is 1290. The number of amides is 1. The number of hydrogen-bond donors (Lipinski definition) is 1. The highest BCUT2D eigenvalue weighted by atomic mass is 35.5. The van der Waals surface area contributed by atoms with Gasteiger partial charge in [0.25, 0.3) is 5.91 Å². The summed E-state index contributed by atoms with van der Waals surface area (Å²) in [5, 5.41) is 3.73. The number of carbonyl (C=O) groups excluding carboxylic acids is 1. The highest BCUT2D eigenvalue weighted by molar-refractivity contribution is 6.31. The summed E-state index contributed by atoms with van der Waals surface area (Å²) >= 11 is 6.08. The Hall–Kier alpha value is -3.51. The molecule has 0 aliphatic carbocycles. The van der Waals surface area contributed by atoms with Crippen molar-refractivity contribution in [3.8, 4) is 11.5 Å². The number of hydrogen-bond acceptors (Lipinski definition) is 4. The first-order chi connectivity index (χ1) is 16.6. The second-order valence-corrected chi connectivity index (χ2v) is 8.43. The van der Waals surface area contributed by atoms with E-state index in [2.05, 4.69) is 16.0 Å². The molecule has 0 aliphatic heterocycles. The van der Waals surface area contributed by atoms with E-state index in [0.29, 0.717) is 24.5 Å². The van der Waals surface area contributed by atoms with E-state index in [9.17, 15) is 4.79 Å². The number of ether oxygens (including phenoxy) is 2. The van der Waals surface area contributed by atoms with Gasteiger partial charge in [0.15, 0.2) is 0 Å². The number of methoxy groups -OCH3 is 1. The molecule has 1 heterocycles. The lowest BCUT2D eigenvalue weighted by atomic mass is 10.2. The first-order valence-corrected chi connectivity index (χ1v) is 11.7. The van der Waals surface area contributed by atoms with E-state index in [0.717, 1.165) is 52.6 Å². The molecule has 0 fully saturated rings. The van der Waals surface area contributed by atoms with Crippen LogP contribution in [0, 0.1) is 6.92 Å². The van der Waals surface area contributed by atoms with Crippen LogP contribution in [0.25, 0.3) is 11.0 Å². The molecule has 4 aromatic rings. The standard InChI is InChI=1S/C27H28ClN3O3/c1-19-17-20(13-14-22(19)28)34-16-8-7-15-31-24-11-5-4-10-23(24)30-26(31)18-29-27(32)21-9-3-6-12-25(21)33-2/h3-6,9-14,17H,7-8,15-16,18H2,1-2H3,(H,29,32). The maximum atomic E-state index is 12.8. The van der Waals surface area contributed by atoms with Crippen molar-refractivity contribution >= 4 is 28.5 Å².